The van der Waals surface area contributed by atoms with Crippen LogP contribution in [0.2, 0.25) is 0 Å². The van der Waals surface area contributed by atoms with Crippen molar-refractivity contribution in [3.63, 3.8) is 0 Å². The molecule has 1 aliphatic carbocycles. The lowest BCUT2D eigenvalue weighted by molar-refractivity contribution is -0.136. The van der Waals surface area contributed by atoms with Crippen LogP contribution in [0.3, 0.4) is 0 Å². The van der Waals surface area contributed by atoms with Crippen LogP contribution in [0.15, 0.2) is 6.07 Å². The number of likely N-dealkylation sites (tertiary alicyclic amines) is 1. The third-order valence-corrected chi connectivity index (χ3v) is 5.76. The fraction of sp³-hybridized carbons (Fsp3) is 0.750. The second-order valence-corrected chi connectivity index (χ2v) is 8.09. The number of amides is 2. The van der Waals surface area contributed by atoms with E-state index >= 15 is 0 Å². The van der Waals surface area contributed by atoms with E-state index in [0.29, 0.717) is 12.3 Å². The van der Waals surface area contributed by atoms with Gasteiger partial charge in [-0.05, 0) is 65.4 Å². The van der Waals surface area contributed by atoms with E-state index in [2.05, 4.69) is 10.4 Å². The summed E-state index contributed by atoms with van der Waals surface area (Å²) in [6.45, 7) is 7.83. The van der Waals surface area contributed by atoms with Crippen molar-refractivity contribution in [2.24, 2.45) is 5.92 Å². The van der Waals surface area contributed by atoms with E-state index in [1.807, 2.05) is 36.4 Å². The van der Waals surface area contributed by atoms with Gasteiger partial charge in [0, 0.05) is 37.2 Å². The Hall–Kier alpha value is -1.85. The Kier molecular flexibility index (Phi) is 5.99. The average Bonchev–Trinajstić information content (AvgIpc) is 3.21. The predicted octanol–water partition coefficient (Wildman–Crippen LogP) is 2.75. The first kappa shape index (κ1) is 18.9. The molecule has 0 aromatic carbocycles. The summed E-state index contributed by atoms with van der Waals surface area (Å²) < 4.78 is 1.92. The molecule has 26 heavy (non-hydrogen) atoms. The Morgan fingerprint density at radius 3 is 2.62 bits per heavy atom. The Labute approximate surface area is 156 Å². The highest BCUT2D eigenvalue weighted by atomic mass is 16.2. The number of hydrogen-bond donors (Lipinski definition) is 1. The van der Waals surface area contributed by atoms with Gasteiger partial charge in [0.15, 0.2) is 0 Å². The van der Waals surface area contributed by atoms with Gasteiger partial charge in [-0.1, -0.05) is 0 Å². The standard InChI is InChI=1S/C20H32N4O2/c1-14-11-15(2)24(22-14)16(3)12-19(25)21-18-8-7-17(13-18)20(26)23-9-5-4-6-10-23/h11,16-18H,4-10,12-13H2,1-3H3,(H,21,25)/t16?,17-,18+/m1/s1. The van der Waals surface area contributed by atoms with Crippen molar-refractivity contribution in [1.29, 1.82) is 0 Å². The van der Waals surface area contributed by atoms with E-state index in [1.165, 1.54) is 6.42 Å². The summed E-state index contributed by atoms with van der Waals surface area (Å²) in [7, 11) is 0. The fourth-order valence-electron chi connectivity index (χ4n) is 4.44. The molecular formula is C20H32N4O2. The molecule has 2 amide bonds. The molecule has 0 bridgehead atoms. The average molecular weight is 361 g/mol. The summed E-state index contributed by atoms with van der Waals surface area (Å²) in [6, 6.07) is 2.20. The zero-order valence-corrected chi connectivity index (χ0v) is 16.3. The Morgan fingerprint density at radius 1 is 1.23 bits per heavy atom. The molecule has 1 aromatic rings. The molecule has 2 heterocycles. The van der Waals surface area contributed by atoms with E-state index in [1.54, 1.807) is 0 Å². The molecule has 1 unspecified atom stereocenters. The SMILES string of the molecule is Cc1cc(C)n(C(C)CC(=O)N[C@H]2CC[C@@H](C(=O)N3CCCCC3)C2)n1. The van der Waals surface area contributed by atoms with Crippen molar-refractivity contribution in [2.45, 2.75) is 77.8 Å². The molecule has 1 N–H and O–H groups in total. The van der Waals surface area contributed by atoms with Gasteiger partial charge < -0.3 is 10.2 Å². The topological polar surface area (TPSA) is 67.2 Å². The second-order valence-electron chi connectivity index (χ2n) is 8.09. The summed E-state index contributed by atoms with van der Waals surface area (Å²) >= 11 is 0. The van der Waals surface area contributed by atoms with Gasteiger partial charge in [0.2, 0.25) is 11.8 Å². The maximum atomic E-state index is 12.6. The number of carbonyl (C=O) groups is 2. The number of carbonyl (C=O) groups excluding carboxylic acids is 2. The van der Waals surface area contributed by atoms with Crippen molar-refractivity contribution in [2.75, 3.05) is 13.1 Å². The van der Waals surface area contributed by atoms with Crippen LogP contribution in [0.1, 0.15) is 69.3 Å². The van der Waals surface area contributed by atoms with Gasteiger partial charge in [0.05, 0.1) is 11.7 Å². The Balaban J connectivity index is 1.46. The van der Waals surface area contributed by atoms with Crippen molar-refractivity contribution >= 4 is 11.8 Å². The summed E-state index contributed by atoms with van der Waals surface area (Å²) in [5, 5.41) is 7.61. The molecule has 0 radical (unpaired) electrons. The van der Waals surface area contributed by atoms with Gasteiger partial charge in [-0.3, -0.25) is 14.3 Å². The van der Waals surface area contributed by atoms with Crippen LogP contribution in [-0.4, -0.2) is 45.6 Å². The minimum Gasteiger partial charge on any atom is -0.353 e. The summed E-state index contributed by atoms with van der Waals surface area (Å²) in [5.41, 5.74) is 2.06. The highest BCUT2D eigenvalue weighted by Crippen LogP contribution is 2.28. The molecular weight excluding hydrogens is 328 g/mol. The number of rotatable bonds is 5. The van der Waals surface area contributed by atoms with Crippen LogP contribution < -0.4 is 5.32 Å². The molecule has 1 saturated carbocycles. The highest BCUT2D eigenvalue weighted by molar-refractivity contribution is 5.80. The molecule has 3 rings (SSSR count). The summed E-state index contributed by atoms with van der Waals surface area (Å²) in [6.07, 6.45) is 6.50. The van der Waals surface area contributed by atoms with Gasteiger partial charge in [-0.2, -0.15) is 5.10 Å². The zero-order valence-electron chi connectivity index (χ0n) is 16.3. The van der Waals surface area contributed by atoms with Crippen LogP contribution in [0.4, 0.5) is 0 Å². The van der Waals surface area contributed by atoms with Gasteiger partial charge in [-0.15, -0.1) is 0 Å². The van der Waals surface area contributed by atoms with Crippen molar-refractivity contribution in [3.05, 3.63) is 17.5 Å². The summed E-state index contributed by atoms with van der Waals surface area (Å²) in [5.74, 6) is 0.449. The lowest BCUT2D eigenvalue weighted by Crippen LogP contribution is -2.40. The first-order chi connectivity index (χ1) is 12.4. The molecule has 144 valence electrons. The van der Waals surface area contributed by atoms with Crippen molar-refractivity contribution in [1.82, 2.24) is 20.0 Å². The van der Waals surface area contributed by atoms with Gasteiger partial charge in [0.25, 0.3) is 0 Å². The van der Waals surface area contributed by atoms with Crippen LogP contribution in [0.5, 0.6) is 0 Å². The van der Waals surface area contributed by atoms with Gasteiger partial charge in [0.1, 0.15) is 0 Å². The van der Waals surface area contributed by atoms with E-state index in [9.17, 15) is 9.59 Å². The third kappa shape index (κ3) is 4.46. The molecule has 6 nitrogen and oxygen atoms in total. The monoisotopic (exact) mass is 360 g/mol. The van der Waals surface area contributed by atoms with Gasteiger partial charge in [-0.25, -0.2) is 0 Å². The minimum absolute atomic E-state index is 0.0379. The molecule has 1 saturated heterocycles. The molecule has 0 spiro atoms. The Morgan fingerprint density at radius 2 is 1.96 bits per heavy atom. The number of nitrogens with zero attached hydrogens (tertiary/aromatic N) is 3. The van der Waals surface area contributed by atoms with Gasteiger partial charge >= 0.3 is 0 Å². The first-order valence-corrected chi connectivity index (χ1v) is 10.0. The van der Waals surface area contributed by atoms with E-state index in [-0.39, 0.29) is 23.9 Å². The van der Waals surface area contributed by atoms with Crippen LogP contribution in [0, 0.1) is 19.8 Å². The molecule has 6 heteroatoms. The fourth-order valence-corrected chi connectivity index (χ4v) is 4.44. The smallest absolute Gasteiger partial charge is 0.225 e. The number of nitrogens with one attached hydrogen (secondary N) is 1. The third-order valence-electron chi connectivity index (χ3n) is 5.76. The lowest BCUT2D eigenvalue weighted by atomic mass is 10.0. The number of aryl methyl sites for hydroxylation is 2. The molecule has 1 aromatic heterocycles. The van der Waals surface area contributed by atoms with E-state index in [0.717, 1.165) is 56.6 Å². The highest BCUT2D eigenvalue weighted by Gasteiger charge is 2.33. The maximum absolute atomic E-state index is 12.6. The van der Waals surface area contributed by atoms with Crippen LogP contribution in [0.25, 0.3) is 0 Å². The predicted molar refractivity (Wildman–Crippen MR) is 101 cm³/mol. The molecule has 1 aliphatic heterocycles. The largest absolute Gasteiger partial charge is 0.353 e. The van der Waals surface area contributed by atoms with Crippen molar-refractivity contribution < 1.29 is 9.59 Å². The molecule has 2 aliphatic rings. The normalized spacial score (nSPS) is 24.5. The first-order valence-electron chi connectivity index (χ1n) is 10.0. The van der Waals surface area contributed by atoms with E-state index < -0.39 is 0 Å². The van der Waals surface area contributed by atoms with Crippen molar-refractivity contribution in [3.8, 4) is 0 Å². The Bertz CT molecular complexity index is 648. The van der Waals surface area contributed by atoms with Crippen LogP contribution in [-0.2, 0) is 9.59 Å². The number of hydrogen-bond acceptors (Lipinski definition) is 3. The maximum Gasteiger partial charge on any atom is 0.225 e. The quantitative estimate of drug-likeness (QED) is 0.878. The van der Waals surface area contributed by atoms with E-state index in [4.69, 9.17) is 0 Å². The second kappa shape index (κ2) is 8.23. The number of piperidine rings is 1. The van der Waals surface area contributed by atoms with Crippen LogP contribution >= 0.6 is 0 Å². The lowest BCUT2D eigenvalue weighted by Gasteiger charge is -2.29. The molecule has 3 atom stereocenters. The minimum atomic E-state index is 0.0379. The molecule has 2 fully saturated rings. The zero-order chi connectivity index (χ0) is 18.7. The summed E-state index contributed by atoms with van der Waals surface area (Å²) in [4.78, 5) is 27.1. The number of aromatic nitrogens is 2.